The van der Waals surface area contributed by atoms with Crippen LogP contribution in [0.3, 0.4) is 0 Å². The standard InChI is InChI=1S/C22H23N3O3/c26-21-10-9-17-3-1-2-4-20(17)25(21)19-11-13-24(14-12-19)22(27)18-7-5-16(6-8-18)15-23-28/h1-8,15,19,28H,9-14H2/b23-15-. The number of anilines is 1. The summed E-state index contributed by atoms with van der Waals surface area (Å²) < 4.78 is 0. The van der Waals surface area contributed by atoms with Crippen LogP contribution in [0.1, 0.15) is 40.7 Å². The summed E-state index contributed by atoms with van der Waals surface area (Å²) >= 11 is 0. The minimum absolute atomic E-state index is 0.00342. The summed E-state index contributed by atoms with van der Waals surface area (Å²) in [5.41, 5.74) is 3.62. The number of oxime groups is 1. The molecule has 28 heavy (non-hydrogen) atoms. The fourth-order valence-electron chi connectivity index (χ4n) is 4.14. The van der Waals surface area contributed by atoms with Gasteiger partial charge in [0.1, 0.15) is 0 Å². The molecule has 0 unspecified atom stereocenters. The van der Waals surface area contributed by atoms with Crippen LogP contribution < -0.4 is 4.90 Å². The molecule has 0 radical (unpaired) electrons. The van der Waals surface area contributed by atoms with E-state index >= 15 is 0 Å². The fourth-order valence-corrected chi connectivity index (χ4v) is 4.14. The maximum atomic E-state index is 12.8. The highest BCUT2D eigenvalue weighted by Crippen LogP contribution is 2.32. The van der Waals surface area contributed by atoms with E-state index in [1.165, 1.54) is 11.8 Å². The number of rotatable bonds is 3. The average molecular weight is 377 g/mol. The minimum atomic E-state index is -0.00342. The highest BCUT2D eigenvalue weighted by molar-refractivity contribution is 5.97. The number of carbonyl (C=O) groups is 2. The Kier molecular flexibility index (Phi) is 5.10. The number of aryl methyl sites for hydroxylation is 1. The smallest absolute Gasteiger partial charge is 0.253 e. The van der Waals surface area contributed by atoms with Crippen LogP contribution in [0.5, 0.6) is 0 Å². The molecule has 0 atom stereocenters. The lowest BCUT2D eigenvalue weighted by molar-refractivity contribution is -0.119. The summed E-state index contributed by atoms with van der Waals surface area (Å²) in [6.45, 7) is 1.27. The predicted molar refractivity (Wildman–Crippen MR) is 107 cm³/mol. The third kappa shape index (κ3) is 3.50. The van der Waals surface area contributed by atoms with Crippen molar-refractivity contribution in [2.45, 2.75) is 31.7 Å². The number of carbonyl (C=O) groups excluding carboxylic acids is 2. The summed E-state index contributed by atoms with van der Waals surface area (Å²) in [5, 5.41) is 11.6. The molecule has 2 aliphatic rings. The van der Waals surface area contributed by atoms with Gasteiger partial charge in [-0.2, -0.15) is 0 Å². The molecule has 6 nitrogen and oxygen atoms in total. The number of hydrogen-bond acceptors (Lipinski definition) is 4. The molecule has 4 rings (SSSR count). The highest BCUT2D eigenvalue weighted by atomic mass is 16.4. The van der Waals surface area contributed by atoms with E-state index in [0.717, 1.165) is 30.5 Å². The largest absolute Gasteiger partial charge is 0.411 e. The van der Waals surface area contributed by atoms with Gasteiger partial charge in [0, 0.05) is 36.8 Å². The SMILES string of the molecule is O=C(c1ccc(/C=N\O)cc1)N1CCC(N2C(=O)CCc3ccccc32)CC1. The van der Waals surface area contributed by atoms with Crippen LogP contribution in [-0.4, -0.2) is 47.3 Å². The Bertz CT molecular complexity index is 899. The quantitative estimate of drug-likeness (QED) is 0.508. The molecular formula is C22H23N3O3. The van der Waals surface area contributed by atoms with Crippen molar-refractivity contribution in [3.05, 3.63) is 65.2 Å². The predicted octanol–water partition coefficient (Wildman–Crippen LogP) is 3.08. The van der Waals surface area contributed by atoms with Gasteiger partial charge >= 0.3 is 0 Å². The van der Waals surface area contributed by atoms with Gasteiger partial charge in [0.05, 0.1) is 6.21 Å². The first-order valence-electron chi connectivity index (χ1n) is 9.64. The zero-order valence-corrected chi connectivity index (χ0v) is 15.6. The minimum Gasteiger partial charge on any atom is -0.411 e. The zero-order chi connectivity index (χ0) is 19.5. The zero-order valence-electron chi connectivity index (χ0n) is 15.6. The molecule has 2 amide bonds. The number of hydrogen-bond donors (Lipinski definition) is 1. The summed E-state index contributed by atoms with van der Waals surface area (Å²) in [4.78, 5) is 29.2. The first-order chi connectivity index (χ1) is 13.7. The lowest BCUT2D eigenvalue weighted by atomic mass is 9.95. The van der Waals surface area contributed by atoms with Crippen LogP contribution >= 0.6 is 0 Å². The Morgan fingerprint density at radius 3 is 2.46 bits per heavy atom. The molecule has 2 aliphatic heterocycles. The van der Waals surface area contributed by atoms with Crippen LogP contribution in [0.25, 0.3) is 0 Å². The summed E-state index contributed by atoms with van der Waals surface area (Å²) in [6, 6.07) is 15.3. The topological polar surface area (TPSA) is 73.2 Å². The van der Waals surface area contributed by atoms with Crippen molar-refractivity contribution in [3.8, 4) is 0 Å². The number of nitrogens with zero attached hydrogens (tertiary/aromatic N) is 3. The van der Waals surface area contributed by atoms with Gasteiger partial charge in [-0.25, -0.2) is 0 Å². The molecule has 0 aliphatic carbocycles. The summed E-state index contributed by atoms with van der Waals surface area (Å²) in [7, 11) is 0. The van der Waals surface area contributed by atoms with E-state index in [-0.39, 0.29) is 17.9 Å². The summed E-state index contributed by atoms with van der Waals surface area (Å²) in [5.74, 6) is 0.181. The fraction of sp³-hybridized carbons (Fsp3) is 0.318. The molecule has 1 N–H and O–H groups in total. The molecule has 0 spiro atoms. The van der Waals surface area contributed by atoms with Crippen molar-refractivity contribution in [2.75, 3.05) is 18.0 Å². The number of likely N-dealkylation sites (tertiary alicyclic amines) is 1. The first kappa shape index (κ1) is 18.2. The van der Waals surface area contributed by atoms with Crippen LogP contribution in [0, 0.1) is 0 Å². The van der Waals surface area contributed by atoms with Crippen LogP contribution in [0.2, 0.25) is 0 Å². The van der Waals surface area contributed by atoms with Gasteiger partial charge in [-0.15, -0.1) is 0 Å². The molecule has 0 aromatic heterocycles. The van der Waals surface area contributed by atoms with Gasteiger partial charge in [0.2, 0.25) is 5.91 Å². The molecule has 1 fully saturated rings. The molecule has 2 aromatic rings. The van der Waals surface area contributed by atoms with Gasteiger partial charge in [0.15, 0.2) is 0 Å². The maximum Gasteiger partial charge on any atom is 0.253 e. The van der Waals surface area contributed by atoms with Crippen molar-refractivity contribution >= 4 is 23.7 Å². The maximum absolute atomic E-state index is 12.8. The van der Waals surface area contributed by atoms with Crippen molar-refractivity contribution in [1.29, 1.82) is 0 Å². The average Bonchev–Trinajstić information content (AvgIpc) is 2.74. The molecule has 1 saturated heterocycles. The van der Waals surface area contributed by atoms with E-state index < -0.39 is 0 Å². The molecule has 6 heteroatoms. The van der Waals surface area contributed by atoms with Gasteiger partial charge in [0.25, 0.3) is 5.91 Å². The lowest BCUT2D eigenvalue weighted by Gasteiger charge is -2.41. The van der Waals surface area contributed by atoms with E-state index in [9.17, 15) is 9.59 Å². The number of piperidine rings is 1. The van der Waals surface area contributed by atoms with E-state index in [2.05, 4.69) is 11.2 Å². The number of fused-ring (bicyclic) bond motifs is 1. The lowest BCUT2D eigenvalue weighted by Crippen LogP contribution is -2.50. The van der Waals surface area contributed by atoms with E-state index in [1.807, 2.05) is 28.0 Å². The third-order valence-corrected chi connectivity index (χ3v) is 5.61. The van der Waals surface area contributed by atoms with Gasteiger partial charge < -0.3 is 15.0 Å². The first-order valence-corrected chi connectivity index (χ1v) is 9.64. The molecular weight excluding hydrogens is 354 g/mol. The molecule has 0 bridgehead atoms. The Morgan fingerprint density at radius 1 is 1.04 bits per heavy atom. The van der Waals surface area contributed by atoms with Gasteiger partial charge in [-0.05, 0) is 48.6 Å². The third-order valence-electron chi connectivity index (χ3n) is 5.61. The van der Waals surface area contributed by atoms with Gasteiger partial charge in [-0.1, -0.05) is 35.5 Å². The second-order valence-electron chi connectivity index (χ2n) is 7.28. The Balaban J connectivity index is 1.43. The molecule has 2 aromatic carbocycles. The summed E-state index contributed by atoms with van der Waals surface area (Å²) in [6.07, 6.45) is 4.24. The van der Waals surface area contributed by atoms with E-state index in [4.69, 9.17) is 5.21 Å². The van der Waals surface area contributed by atoms with Crippen LogP contribution in [0.4, 0.5) is 5.69 Å². The van der Waals surface area contributed by atoms with Crippen LogP contribution in [-0.2, 0) is 11.2 Å². The van der Waals surface area contributed by atoms with Crippen molar-refractivity contribution < 1.29 is 14.8 Å². The van der Waals surface area contributed by atoms with Crippen molar-refractivity contribution in [1.82, 2.24) is 4.90 Å². The molecule has 2 heterocycles. The Labute approximate surface area is 164 Å². The van der Waals surface area contributed by atoms with E-state index in [0.29, 0.717) is 25.1 Å². The molecule has 144 valence electrons. The van der Waals surface area contributed by atoms with Gasteiger partial charge in [-0.3, -0.25) is 9.59 Å². The Morgan fingerprint density at radius 2 is 1.75 bits per heavy atom. The number of benzene rings is 2. The monoisotopic (exact) mass is 377 g/mol. The van der Waals surface area contributed by atoms with Crippen LogP contribution in [0.15, 0.2) is 53.7 Å². The highest BCUT2D eigenvalue weighted by Gasteiger charge is 2.33. The van der Waals surface area contributed by atoms with Crippen molar-refractivity contribution in [2.24, 2.45) is 5.16 Å². The molecule has 0 saturated carbocycles. The second kappa shape index (κ2) is 7.84. The number of para-hydroxylation sites is 1. The second-order valence-corrected chi connectivity index (χ2v) is 7.28. The normalized spacial score (nSPS) is 17.8. The van der Waals surface area contributed by atoms with E-state index in [1.54, 1.807) is 24.3 Å². The number of amides is 2. The Hall–Kier alpha value is -3.15. The van der Waals surface area contributed by atoms with Crippen molar-refractivity contribution in [3.63, 3.8) is 0 Å².